The van der Waals surface area contributed by atoms with Gasteiger partial charge in [0, 0.05) is 6.54 Å². The highest BCUT2D eigenvalue weighted by molar-refractivity contribution is 5.60. The van der Waals surface area contributed by atoms with Crippen LogP contribution in [-0.4, -0.2) is 6.54 Å². The summed E-state index contributed by atoms with van der Waals surface area (Å²) in [6.07, 6.45) is 5.40. The van der Waals surface area contributed by atoms with E-state index < -0.39 is 0 Å². The third-order valence-corrected chi connectivity index (χ3v) is 3.44. The number of hydrogen-bond donors (Lipinski definition) is 1. The lowest BCUT2D eigenvalue weighted by Crippen LogP contribution is -2.12. The quantitative estimate of drug-likeness (QED) is 0.836. The van der Waals surface area contributed by atoms with Crippen LogP contribution in [0, 0.1) is 24.2 Å². The summed E-state index contributed by atoms with van der Waals surface area (Å²) in [6.45, 7) is 3.00. The van der Waals surface area contributed by atoms with E-state index in [9.17, 15) is 0 Å². The summed E-state index contributed by atoms with van der Waals surface area (Å²) in [5.41, 5.74) is 2.84. The first-order valence-corrected chi connectivity index (χ1v) is 6.05. The minimum atomic E-state index is 0.792. The van der Waals surface area contributed by atoms with Gasteiger partial charge >= 0.3 is 0 Å². The molecule has 0 unspecified atom stereocenters. The Labute approximate surface area is 97.3 Å². The van der Waals surface area contributed by atoms with Crippen molar-refractivity contribution in [1.82, 2.24) is 0 Å². The van der Waals surface area contributed by atoms with Gasteiger partial charge in [0.2, 0.25) is 0 Å². The molecule has 0 aromatic heterocycles. The van der Waals surface area contributed by atoms with Crippen LogP contribution in [0.15, 0.2) is 18.2 Å². The van der Waals surface area contributed by atoms with Crippen LogP contribution >= 0.6 is 0 Å². The van der Waals surface area contributed by atoms with Gasteiger partial charge in [0.1, 0.15) is 6.07 Å². The summed E-state index contributed by atoms with van der Waals surface area (Å²) in [6, 6.07) is 8.27. The highest BCUT2D eigenvalue weighted by atomic mass is 14.9. The maximum Gasteiger partial charge on any atom is 0.102 e. The van der Waals surface area contributed by atoms with Crippen molar-refractivity contribution >= 4 is 5.69 Å². The monoisotopic (exact) mass is 214 g/mol. The normalized spacial score (nSPS) is 16.0. The summed E-state index contributed by atoms with van der Waals surface area (Å²) >= 11 is 0. The van der Waals surface area contributed by atoms with Crippen molar-refractivity contribution in [3.8, 4) is 6.07 Å². The van der Waals surface area contributed by atoms with Crippen LogP contribution in [0.2, 0.25) is 0 Å². The van der Waals surface area contributed by atoms with Gasteiger partial charge in [-0.1, -0.05) is 25.0 Å². The molecule has 0 spiro atoms. The molecule has 0 amide bonds. The van der Waals surface area contributed by atoms with Crippen LogP contribution in [0.4, 0.5) is 5.69 Å². The molecule has 2 rings (SSSR count). The van der Waals surface area contributed by atoms with Crippen molar-refractivity contribution in [2.75, 3.05) is 11.9 Å². The summed E-state index contributed by atoms with van der Waals surface area (Å²) < 4.78 is 0. The molecule has 0 atom stereocenters. The van der Waals surface area contributed by atoms with Crippen molar-refractivity contribution in [2.24, 2.45) is 5.92 Å². The van der Waals surface area contributed by atoms with Crippen LogP contribution in [0.5, 0.6) is 0 Å². The summed E-state index contributed by atoms with van der Waals surface area (Å²) in [5, 5.41) is 12.5. The number of anilines is 1. The second kappa shape index (κ2) is 5.03. The zero-order valence-corrected chi connectivity index (χ0v) is 9.79. The van der Waals surface area contributed by atoms with Crippen LogP contribution in [0.25, 0.3) is 0 Å². The van der Waals surface area contributed by atoms with E-state index in [0.717, 1.165) is 29.3 Å². The van der Waals surface area contributed by atoms with Crippen molar-refractivity contribution in [3.63, 3.8) is 0 Å². The molecule has 2 heteroatoms. The lowest BCUT2D eigenvalue weighted by molar-refractivity contribution is 0.580. The Hall–Kier alpha value is -1.49. The van der Waals surface area contributed by atoms with Crippen LogP contribution in [0.1, 0.15) is 36.8 Å². The number of aryl methyl sites for hydroxylation is 1. The molecule has 1 aromatic carbocycles. The van der Waals surface area contributed by atoms with Gasteiger partial charge in [-0.05, 0) is 37.3 Å². The molecule has 1 aliphatic rings. The minimum Gasteiger partial charge on any atom is -0.384 e. The maximum atomic E-state index is 9.10. The Morgan fingerprint density at radius 2 is 2.12 bits per heavy atom. The third kappa shape index (κ3) is 2.36. The predicted octanol–water partition coefficient (Wildman–Crippen LogP) is 3.47. The Balaban J connectivity index is 2.03. The van der Waals surface area contributed by atoms with Crippen molar-refractivity contribution in [3.05, 3.63) is 29.3 Å². The second-order valence-electron chi connectivity index (χ2n) is 4.64. The lowest BCUT2D eigenvalue weighted by atomic mass is 10.1. The molecule has 0 bridgehead atoms. The van der Waals surface area contributed by atoms with Gasteiger partial charge in [-0.3, -0.25) is 0 Å². The van der Waals surface area contributed by atoms with Gasteiger partial charge in [-0.2, -0.15) is 5.26 Å². The van der Waals surface area contributed by atoms with E-state index in [4.69, 9.17) is 5.26 Å². The number of hydrogen-bond acceptors (Lipinski definition) is 2. The van der Waals surface area contributed by atoms with Crippen molar-refractivity contribution < 1.29 is 0 Å². The molecule has 1 saturated carbocycles. The number of nitriles is 1. The molecule has 2 nitrogen and oxygen atoms in total. The molecular formula is C14H18N2. The lowest BCUT2D eigenvalue weighted by Gasteiger charge is -2.13. The molecule has 0 aliphatic heterocycles. The zero-order valence-electron chi connectivity index (χ0n) is 9.79. The SMILES string of the molecule is Cc1cccc(NCC2CCCC2)c1C#N. The van der Waals surface area contributed by atoms with E-state index in [2.05, 4.69) is 11.4 Å². The first-order chi connectivity index (χ1) is 7.81. The summed E-state index contributed by atoms with van der Waals surface area (Å²) in [5.74, 6) is 0.798. The average molecular weight is 214 g/mol. The van der Waals surface area contributed by atoms with E-state index in [0.29, 0.717) is 0 Å². The molecule has 0 heterocycles. The summed E-state index contributed by atoms with van der Waals surface area (Å²) in [7, 11) is 0. The number of rotatable bonds is 3. The topological polar surface area (TPSA) is 35.8 Å². The van der Waals surface area contributed by atoms with Crippen LogP contribution < -0.4 is 5.32 Å². The van der Waals surface area contributed by atoms with E-state index in [-0.39, 0.29) is 0 Å². The highest BCUT2D eigenvalue weighted by Crippen LogP contribution is 2.26. The number of nitrogens with zero attached hydrogens (tertiary/aromatic N) is 1. The molecule has 1 aromatic rings. The van der Waals surface area contributed by atoms with Gasteiger partial charge in [-0.25, -0.2) is 0 Å². The van der Waals surface area contributed by atoms with E-state index >= 15 is 0 Å². The van der Waals surface area contributed by atoms with Gasteiger partial charge in [-0.15, -0.1) is 0 Å². The molecular weight excluding hydrogens is 196 g/mol. The molecule has 16 heavy (non-hydrogen) atoms. The molecule has 0 saturated heterocycles. The van der Waals surface area contributed by atoms with Gasteiger partial charge in [0.05, 0.1) is 11.3 Å². The Morgan fingerprint density at radius 3 is 2.81 bits per heavy atom. The highest BCUT2D eigenvalue weighted by Gasteiger charge is 2.15. The Bertz CT molecular complexity index is 398. The molecule has 1 N–H and O–H groups in total. The fraction of sp³-hybridized carbons (Fsp3) is 0.500. The molecule has 1 fully saturated rings. The fourth-order valence-electron chi connectivity index (χ4n) is 2.43. The molecule has 1 aliphatic carbocycles. The largest absolute Gasteiger partial charge is 0.384 e. The predicted molar refractivity (Wildman–Crippen MR) is 66.3 cm³/mol. The van der Waals surface area contributed by atoms with E-state index in [1.165, 1.54) is 25.7 Å². The second-order valence-corrected chi connectivity index (χ2v) is 4.64. The molecule has 84 valence electrons. The van der Waals surface area contributed by atoms with Gasteiger partial charge in [0.25, 0.3) is 0 Å². The smallest absolute Gasteiger partial charge is 0.102 e. The number of nitrogens with one attached hydrogen (secondary N) is 1. The van der Waals surface area contributed by atoms with Gasteiger partial charge in [0.15, 0.2) is 0 Å². The van der Waals surface area contributed by atoms with E-state index in [1.807, 2.05) is 25.1 Å². The molecule has 0 radical (unpaired) electrons. The van der Waals surface area contributed by atoms with Crippen molar-refractivity contribution in [2.45, 2.75) is 32.6 Å². The third-order valence-electron chi connectivity index (χ3n) is 3.44. The number of benzene rings is 1. The average Bonchev–Trinajstić information content (AvgIpc) is 2.79. The minimum absolute atomic E-state index is 0.792. The van der Waals surface area contributed by atoms with Gasteiger partial charge < -0.3 is 5.32 Å². The first-order valence-electron chi connectivity index (χ1n) is 6.05. The Morgan fingerprint density at radius 1 is 1.38 bits per heavy atom. The summed E-state index contributed by atoms with van der Waals surface area (Å²) in [4.78, 5) is 0. The zero-order chi connectivity index (χ0) is 11.4. The van der Waals surface area contributed by atoms with Crippen LogP contribution in [0.3, 0.4) is 0 Å². The standard InChI is InChI=1S/C14H18N2/c1-11-5-4-8-14(13(11)9-15)16-10-12-6-2-3-7-12/h4-5,8,12,16H,2-3,6-7,10H2,1H3. The first kappa shape index (κ1) is 11.0. The van der Waals surface area contributed by atoms with Crippen LogP contribution in [-0.2, 0) is 0 Å². The maximum absolute atomic E-state index is 9.10. The van der Waals surface area contributed by atoms with Crippen molar-refractivity contribution in [1.29, 1.82) is 5.26 Å². The Kier molecular flexibility index (Phi) is 3.46. The fourth-order valence-corrected chi connectivity index (χ4v) is 2.43. The van der Waals surface area contributed by atoms with E-state index in [1.54, 1.807) is 0 Å².